The van der Waals surface area contributed by atoms with Crippen molar-refractivity contribution in [1.29, 1.82) is 0 Å². The highest BCUT2D eigenvalue weighted by atomic mass is 35.5. The Labute approximate surface area is 107 Å². The number of hydrogen-bond donors (Lipinski definition) is 1. The molecule has 1 aromatic rings. The van der Waals surface area contributed by atoms with E-state index in [0.717, 1.165) is 12.1 Å². The monoisotopic (exact) mass is 299 g/mol. The van der Waals surface area contributed by atoms with Crippen LogP contribution in [0.1, 0.15) is 5.56 Å². The minimum atomic E-state index is -4.75. The zero-order valence-electron chi connectivity index (χ0n) is 8.96. The Balaban J connectivity index is 3.21. The maximum Gasteiger partial charge on any atom is 0.417 e. The second-order valence-electron chi connectivity index (χ2n) is 3.34. The largest absolute Gasteiger partial charge is 0.417 e. The Morgan fingerprint density at radius 3 is 2.39 bits per heavy atom. The van der Waals surface area contributed by atoms with Crippen LogP contribution in [-0.4, -0.2) is 15.0 Å². The Bertz CT molecular complexity index is 554. The molecule has 100 valence electrons. The van der Waals surface area contributed by atoms with Crippen LogP contribution in [0.5, 0.6) is 0 Å². The summed E-state index contributed by atoms with van der Waals surface area (Å²) in [4.78, 5) is -0.838. The van der Waals surface area contributed by atoms with E-state index in [1.54, 1.807) is 0 Å². The van der Waals surface area contributed by atoms with Crippen molar-refractivity contribution in [2.24, 2.45) is 0 Å². The van der Waals surface area contributed by atoms with E-state index in [1.165, 1.54) is 6.07 Å². The summed E-state index contributed by atoms with van der Waals surface area (Å²) in [7, 11) is -4.28. The number of alkyl halides is 3. The molecule has 0 aliphatic carbocycles. The number of sulfonamides is 1. The summed E-state index contributed by atoms with van der Waals surface area (Å²) in [6.07, 6.45) is -4.75. The molecule has 18 heavy (non-hydrogen) atoms. The Kier molecular flexibility index (Phi) is 4.41. The highest BCUT2D eigenvalue weighted by Crippen LogP contribution is 2.33. The molecule has 0 heterocycles. The first-order valence-electron chi connectivity index (χ1n) is 4.64. The highest BCUT2D eigenvalue weighted by Gasteiger charge is 2.36. The first kappa shape index (κ1) is 15.0. The molecule has 1 rings (SSSR count). The quantitative estimate of drug-likeness (QED) is 0.929. The predicted molar refractivity (Wildman–Crippen MR) is 61.6 cm³/mol. The average Bonchev–Trinajstić information content (AvgIpc) is 2.25. The molecular weight excluding hydrogens is 291 g/mol. The van der Waals surface area contributed by atoms with Gasteiger partial charge in [-0.05, 0) is 12.1 Å². The summed E-state index contributed by atoms with van der Waals surface area (Å²) in [6, 6.07) is 3.90. The van der Waals surface area contributed by atoms with Gasteiger partial charge in [0.25, 0.3) is 0 Å². The van der Waals surface area contributed by atoms with Crippen molar-refractivity contribution < 1.29 is 21.6 Å². The number of nitrogens with one attached hydrogen (secondary N) is 1. The van der Waals surface area contributed by atoms with Crippen LogP contribution in [0.4, 0.5) is 13.2 Å². The van der Waals surface area contributed by atoms with E-state index in [-0.39, 0.29) is 11.6 Å². The van der Waals surface area contributed by atoms with Gasteiger partial charge in [-0.3, -0.25) is 0 Å². The molecule has 0 unspecified atom stereocenters. The summed E-state index contributed by atoms with van der Waals surface area (Å²) in [5, 5.41) is -0.0249. The molecule has 8 heteroatoms. The van der Waals surface area contributed by atoms with Crippen molar-refractivity contribution in [3.05, 3.63) is 41.4 Å². The Morgan fingerprint density at radius 1 is 1.33 bits per heavy atom. The van der Waals surface area contributed by atoms with Crippen molar-refractivity contribution in [2.75, 3.05) is 6.54 Å². The lowest BCUT2D eigenvalue weighted by atomic mass is 10.2. The van der Waals surface area contributed by atoms with Crippen LogP contribution in [0, 0.1) is 0 Å². The molecule has 0 bridgehead atoms. The molecule has 3 nitrogen and oxygen atoms in total. The van der Waals surface area contributed by atoms with Crippen molar-refractivity contribution in [2.45, 2.75) is 11.1 Å². The van der Waals surface area contributed by atoms with Crippen LogP contribution in [0.15, 0.2) is 40.8 Å². The van der Waals surface area contributed by atoms with Crippen LogP contribution < -0.4 is 4.72 Å². The predicted octanol–water partition coefficient (Wildman–Crippen LogP) is 2.74. The van der Waals surface area contributed by atoms with Gasteiger partial charge >= 0.3 is 6.18 Å². The van der Waals surface area contributed by atoms with Gasteiger partial charge in [-0.1, -0.05) is 30.3 Å². The molecular formula is C10H9ClF3NO2S. The van der Waals surface area contributed by atoms with Crippen molar-refractivity contribution in [3.8, 4) is 0 Å². The molecule has 0 saturated heterocycles. The van der Waals surface area contributed by atoms with Gasteiger partial charge in [0.2, 0.25) is 10.0 Å². The van der Waals surface area contributed by atoms with Crippen LogP contribution in [0.2, 0.25) is 0 Å². The minimum Gasteiger partial charge on any atom is -0.207 e. The third kappa shape index (κ3) is 3.72. The zero-order valence-corrected chi connectivity index (χ0v) is 10.5. The molecule has 0 radical (unpaired) electrons. The topological polar surface area (TPSA) is 46.2 Å². The molecule has 0 saturated carbocycles. The van der Waals surface area contributed by atoms with Crippen LogP contribution >= 0.6 is 11.6 Å². The fourth-order valence-corrected chi connectivity index (χ4v) is 2.58. The summed E-state index contributed by atoms with van der Waals surface area (Å²) in [5.41, 5.74) is -1.22. The summed E-state index contributed by atoms with van der Waals surface area (Å²) in [6.45, 7) is 2.90. The van der Waals surface area contributed by atoms with Crippen LogP contribution in [0.3, 0.4) is 0 Å². The number of halogens is 4. The molecule has 0 atom stereocenters. The summed E-state index contributed by atoms with van der Waals surface area (Å²) in [5.74, 6) is 0. The molecule has 0 spiro atoms. The van der Waals surface area contributed by atoms with Gasteiger partial charge < -0.3 is 0 Å². The van der Waals surface area contributed by atoms with E-state index in [2.05, 4.69) is 6.58 Å². The maximum atomic E-state index is 12.6. The van der Waals surface area contributed by atoms with Gasteiger partial charge in [-0.15, -0.1) is 0 Å². The standard InChI is InChI=1S/C10H9ClF3NO2S/c1-7(11)6-15-18(16,17)9-5-3-2-4-8(9)10(12,13)14/h2-5,15H,1,6H2. The molecule has 1 N–H and O–H groups in total. The minimum absolute atomic E-state index is 0.0249. The molecule has 0 aliphatic heterocycles. The van der Waals surface area contributed by atoms with Gasteiger partial charge in [0.1, 0.15) is 0 Å². The van der Waals surface area contributed by atoms with Crippen molar-refractivity contribution in [3.63, 3.8) is 0 Å². The third-order valence-electron chi connectivity index (χ3n) is 1.94. The summed E-state index contributed by atoms with van der Waals surface area (Å²) < 4.78 is 63.2. The second kappa shape index (κ2) is 5.29. The van der Waals surface area contributed by atoms with Gasteiger partial charge in [0, 0.05) is 11.6 Å². The summed E-state index contributed by atoms with van der Waals surface area (Å²) >= 11 is 5.36. The van der Waals surface area contributed by atoms with Gasteiger partial charge in [-0.25, -0.2) is 13.1 Å². The molecule has 0 aliphatic rings. The Hall–Kier alpha value is -1.05. The van der Waals surface area contributed by atoms with Crippen LogP contribution in [-0.2, 0) is 16.2 Å². The Morgan fingerprint density at radius 2 is 1.89 bits per heavy atom. The lowest BCUT2D eigenvalue weighted by Gasteiger charge is -2.13. The second-order valence-corrected chi connectivity index (χ2v) is 5.61. The molecule has 0 amide bonds. The van der Waals surface area contributed by atoms with Gasteiger partial charge in [0.15, 0.2) is 0 Å². The number of rotatable bonds is 4. The first-order valence-corrected chi connectivity index (χ1v) is 6.50. The zero-order chi connectivity index (χ0) is 14.0. The molecule has 0 aromatic heterocycles. The van der Waals surface area contributed by atoms with Gasteiger partial charge in [-0.2, -0.15) is 13.2 Å². The van der Waals surface area contributed by atoms with Crippen molar-refractivity contribution in [1.82, 2.24) is 4.72 Å². The lowest BCUT2D eigenvalue weighted by Crippen LogP contribution is -2.27. The van der Waals surface area contributed by atoms with E-state index in [1.807, 2.05) is 4.72 Å². The smallest absolute Gasteiger partial charge is 0.207 e. The third-order valence-corrected chi connectivity index (χ3v) is 3.53. The maximum absolute atomic E-state index is 12.6. The number of hydrogen-bond acceptors (Lipinski definition) is 2. The van der Waals surface area contributed by atoms with E-state index in [0.29, 0.717) is 6.07 Å². The number of benzene rings is 1. The van der Waals surface area contributed by atoms with E-state index in [4.69, 9.17) is 11.6 Å². The molecule has 0 fully saturated rings. The van der Waals surface area contributed by atoms with Gasteiger partial charge in [0.05, 0.1) is 10.5 Å². The lowest BCUT2D eigenvalue weighted by molar-refractivity contribution is -0.139. The van der Waals surface area contributed by atoms with Crippen molar-refractivity contribution >= 4 is 21.6 Å². The van der Waals surface area contributed by atoms with E-state index in [9.17, 15) is 21.6 Å². The fraction of sp³-hybridized carbons (Fsp3) is 0.200. The normalized spacial score (nSPS) is 12.4. The molecule has 1 aromatic carbocycles. The SMILES string of the molecule is C=C(Cl)CNS(=O)(=O)c1ccccc1C(F)(F)F. The highest BCUT2D eigenvalue weighted by molar-refractivity contribution is 7.89. The average molecular weight is 300 g/mol. The van der Waals surface area contributed by atoms with Crippen LogP contribution in [0.25, 0.3) is 0 Å². The van der Waals surface area contributed by atoms with E-state index < -0.39 is 26.7 Å². The fourth-order valence-electron chi connectivity index (χ4n) is 1.19. The first-order chi connectivity index (χ1) is 8.14. The van der Waals surface area contributed by atoms with E-state index >= 15 is 0 Å².